The summed E-state index contributed by atoms with van der Waals surface area (Å²) in [6.07, 6.45) is 4.79. The summed E-state index contributed by atoms with van der Waals surface area (Å²) in [5.74, 6) is 1.12. The summed E-state index contributed by atoms with van der Waals surface area (Å²) >= 11 is 0. The van der Waals surface area contributed by atoms with Crippen LogP contribution in [0.15, 0.2) is 34.2 Å². The fourth-order valence-electron chi connectivity index (χ4n) is 3.35. The van der Waals surface area contributed by atoms with Gasteiger partial charge in [0.15, 0.2) is 5.96 Å². The molecule has 0 unspecified atom stereocenters. The SMILES string of the molecule is CN(C)C(=O)CNC(=NCc1ccc(S(N)(=O)=O)cc1)NCC1CCC(C)(C)CC1. The van der Waals surface area contributed by atoms with E-state index in [4.69, 9.17) is 5.14 Å². The highest BCUT2D eigenvalue weighted by molar-refractivity contribution is 7.89. The largest absolute Gasteiger partial charge is 0.356 e. The second-order valence-electron chi connectivity index (χ2n) is 8.98. The number of carbonyl (C=O) groups is 1. The number of benzene rings is 1. The number of primary sulfonamides is 1. The highest BCUT2D eigenvalue weighted by Gasteiger charge is 2.26. The molecule has 1 aliphatic carbocycles. The lowest BCUT2D eigenvalue weighted by molar-refractivity contribution is -0.127. The summed E-state index contributed by atoms with van der Waals surface area (Å²) in [5.41, 5.74) is 1.27. The molecule has 2 rings (SSSR count). The zero-order chi connectivity index (χ0) is 22.4. The van der Waals surface area contributed by atoms with Gasteiger partial charge in [-0.05, 0) is 54.7 Å². The van der Waals surface area contributed by atoms with Gasteiger partial charge < -0.3 is 15.5 Å². The quantitative estimate of drug-likeness (QED) is 0.443. The summed E-state index contributed by atoms with van der Waals surface area (Å²) in [4.78, 5) is 18.1. The first kappa shape index (κ1) is 24.1. The number of aliphatic imine (C=N–C) groups is 1. The number of guanidine groups is 1. The smallest absolute Gasteiger partial charge is 0.241 e. The number of hydrogen-bond acceptors (Lipinski definition) is 4. The second-order valence-corrected chi connectivity index (χ2v) is 10.5. The Morgan fingerprint density at radius 3 is 2.30 bits per heavy atom. The number of likely N-dealkylation sites (N-methyl/N-ethyl adjacent to an activating group) is 1. The van der Waals surface area contributed by atoms with Crippen LogP contribution in [0.3, 0.4) is 0 Å². The third-order valence-corrected chi connectivity index (χ3v) is 6.52. The Balaban J connectivity index is 2.00. The number of rotatable bonds is 7. The van der Waals surface area contributed by atoms with E-state index in [2.05, 4.69) is 29.5 Å². The number of nitrogens with zero attached hydrogens (tertiary/aromatic N) is 2. The maximum atomic E-state index is 11.9. The molecule has 1 fully saturated rings. The summed E-state index contributed by atoms with van der Waals surface area (Å²) in [6.45, 7) is 5.95. The first-order valence-electron chi connectivity index (χ1n) is 10.3. The van der Waals surface area contributed by atoms with Gasteiger partial charge in [-0.2, -0.15) is 0 Å². The van der Waals surface area contributed by atoms with Crippen molar-refractivity contribution in [2.75, 3.05) is 27.2 Å². The van der Waals surface area contributed by atoms with Crippen LogP contribution in [-0.4, -0.2) is 52.4 Å². The van der Waals surface area contributed by atoms with E-state index in [-0.39, 0.29) is 17.3 Å². The van der Waals surface area contributed by atoms with Gasteiger partial charge in [-0.3, -0.25) is 4.79 Å². The number of nitrogens with two attached hydrogens (primary N) is 1. The van der Waals surface area contributed by atoms with Crippen molar-refractivity contribution < 1.29 is 13.2 Å². The molecule has 1 amide bonds. The Morgan fingerprint density at radius 2 is 1.77 bits per heavy atom. The first-order chi connectivity index (χ1) is 14.0. The van der Waals surface area contributed by atoms with Crippen LogP contribution >= 0.6 is 0 Å². The van der Waals surface area contributed by atoms with E-state index < -0.39 is 10.0 Å². The van der Waals surface area contributed by atoms with Crippen LogP contribution in [0, 0.1) is 11.3 Å². The van der Waals surface area contributed by atoms with Crippen molar-refractivity contribution in [3.05, 3.63) is 29.8 Å². The van der Waals surface area contributed by atoms with Gasteiger partial charge in [0.25, 0.3) is 0 Å². The van der Waals surface area contributed by atoms with Crippen LogP contribution in [-0.2, 0) is 21.4 Å². The molecule has 9 heteroatoms. The first-order valence-corrected chi connectivity index (χ1v) is 11.8. The molecule has 1 aromatic rings. The maximum absolute atomic E-state index is 11.9. The minimum absolute atomic E-state index is 0.0404. The zero-order valence-corrected chi connectivity index (χ0v) is 19.3. The standard InChI is InChI=1S/C21H35N5O3S/c1-21(2)11-9-17(10-12-21)14-24-20(25-15-19(27)26(3)4)23-13-16-5-7-18(8-6-16)30(22,28)29/h5-8,17H,9-15H2,1-4H3,(H2,22,28,29)(H2,23,24,25). The van der Waals surface area contributed by atoms with E-state index in [1.54, 1.807) is 26.2 Å². The van der Waals surface area contributed by atoms with Gasteiger partial charge in [0, 0.05) is 20.6 Å². The summed E-state index contributed by atoms with van der Waals surface area (Å²) in [5, 5.41) is 11.6. The Hall–Kier alpha value is -2.13. The van der Waals surface area contributed by atoms with Crippen molar-refractivity contribution in [2.24, 2.45) is 21.5 Å². The monoisotopic (exact) mass is 437 g/mol. The lowest BCUT2D eigenvalue weighted by Crippen LogP contribution is -2.44. The Labute approximate surface area is 180 Å². The fraction of sp³-hybridized carbons (Fsp3) is 0.619. The Bertz CT molecular complexity index is 838. The highest BCUT2D eigenvalue weighted by Crippen LogP contribution is 2.37. The van der Waals surface area contributed by atoms with Crippen molar-refractivity contribution in [3.63, 3.8) is 0 Å². The van der Waals surface area contributed by atoms with Gasteiger partial charge in [0.2, 0.25) is 15.9 Å². The van der Waals surface area contributed by atoms with E-state index in [0.717, 1.165) is 12.1 Å². The van der Waals surface area contributed by atoms with Crippen LogP contribution in [0.25, 0.3) is 0 Å². The maximum Gasteiger partial charge on any atom is 0.241 e. The van der Waals surface area contributed by atoms with Crippen LogP contribution in [0.2, 0.25) is 0 Å². The van der Waals surface area contributed by atoms with E-state index in [9.17, 15) is 13.2 Å². The van der Waals surface area contributed by atoms with Gasteiger partial charge in [-0.1, -0.05) is 26.0 Å². The van der Waals surface area contributed by atoms with Crippen molar-refractivity contribution in [2.45, 2.75) is 51.0 Å². The molecule has 4 N–H and O–H groups in total. The Morgan fingerprint density at radius 1 is 1.17 bits per heavy atom. The number of carbonyl (C=O) groups excluding carboxylic acids is 1. The minimum atomic E-state index is -3.71. The summed E-state index contributed by atoms with van der Waals surface area (Å²) in [6, 6.07) is 6.32. The molecule has 0 aliphatic heterocycles. The highest BCUT2D eigenvalue weighted by atomic mass is 32.2. The second kappa shape index (κ2) is 10.3. The lowest BCUT2D eigenvalue weighted by atomic mass is 9.73. The normalized spacial score (nSPS) is 17.4. The van der Waals surface area contributed by atoms with Crippen molar-refractivity contribution in [1.29, 1.82) is 0 Å². The molecule has 0 bridgehead atoms. The van der Waals surface area contributed by atoms with Gasteiger partial charge >= 0.3 is 0 Å². The minimum Gasteiger partial charge on any atom is -0.356 e. The van der Waals surface area contributed by atoms with Crippen LogP contribution in [0.4, 0.5) is 0 Å². The fourth-order valence-corrected chi connectivity index (χ4v) is 3.87. The van der Waals surface area contributed by atoms with E-state index in [1.165, 1.54) is 42.7 Å². The molecule has 1 aliphatic rings. The van der Waals surface area contributed by atoms with Crippen molar-refractivity contribution >= 4 is 21.9 Å². The predicted octanol–water partition coefficient (Wildman–Crippen LogP) is 1.67. The van der Waals surface area contributed by atoms with Gasteiger partial charge in [0.1, 0.15) is 0 Å². The predicted molar refractivity (Wildman–Crippen MR) is 119 cm³/mol. The molecule has 1 saturated carbocycles. The van der Waals surface area contributed by atoms with E-state index in [1.807, 2.05) is 0 Å². The average molecular weight is 438 g/mol. The number of amides is 1. The molecule has 168 valence electrons. The summed E-state index contributed by atoms with van der Waals surface area (Å²) < 4.78 is 22.8. The molecule has 0 aromatic heterocycles. The molecule has 0 spiro atoms. The molecular weight excluding hydrogens is 402 g/mol. The molecule has 1 aromatic carbocycles. The summed E-state index contributed by atoms with van der Waals surface area (Å²) in [7, 11) is -0.283. The third-order valence-electron chi connectivity index (χ3n) is 5.59. The molecule has 0 heterocycles. The zero-order valence-electron chi connectivity index (χ0n) is 18.4. The Kier molecular flexibility index (Phi) is 8.25. The number of sulfonamides is 1. The van der Waals surface area contributed by atoms with Crippen LogP contribution in [0.5, 0.6) is 0 Å². The third kappa shape index (κ3) is 7.95. The molecule has 30 heavy (non-hydrogen) atoms. The van der Waals surface area contributed by atoms with Crippen molar-refractivity contribution in [3.8, 4) is 0 Å². The molecule has 0 radical (unpaired) electrons. The molecule has 0 saturated heterocycles. The van der Waals surface area contributed by atoms with Crippen LogP contribution < -0.4 is 15.8 Å². The van der Waals surface area contributed by atoms with Gasteiger partial charge in [0.05, 0.1) is 18.0 Å². The van der Waals surface area contributed by atoms with E-state index in [0.29, 0.717) is 23.8 Å². The van der Waals surface area contributed by atoms with E-state index >= 15 is 0 Å². The number of hydrogen-bond donors (Lipinski definition) is 3. The van der Waals surface area contributed by atoms with Gasteiger partial charge in [-0.25, -0.2) is 18.5 Å². The average Bonchev–Trinajstić information content (AvgIpc) is 2.67. The number of nitrogens with one attached hydrogen (secondary N) is 2. The van der Waals surface area contributed by atoms with Crippen molar-refractivity contribution in [1.82, 2.24) is 15.5 Å². The molecular formula is C21H35N5O3S. The molecule has 8 nitrogen and oxygen atoms in total. The van der Waals surface area contributed by atoms with Gasteiger partial charge in [-0.15, -0.1) is 0 Å². The topological polar surface area (TPSA) is 117 Å². The molecule has 0 atom stereocenters. The van der Waals surface area contributed by atoms with Crippen LogP contribution in [0.1, 0.15) is 45.1 Å². The lowest BCUT2D eigenvalue weighted by Gasteiger charge is -2.34.